The molecule has 0 saturated carbocycles. The van der Waals surface area contributed by atoms with Crippen LogP contribution in [0.3, 0.4) is 0 Å². The first-order valence-corrected chi connectivity index (χ1v) is 9.93. The summed E-state index contributed by atoms with van der Waals surface area (Å²) in [6.07, 6.45) is 0. The molecule has 26 heavy (non-hydrogen) atoms. The topological polar surface area (TPSA) is 39.9 Å². The van der Waals surface area contributed by atoms with Gasteiger partial charge in [0.25, 0.3) is 0 Å². The molecule has 2 aromatic carbocycles. The maximum Gasteiger partial charge on any atom is 0.191 e. The molecule has 0 unspecified atom stereocenters. The lowest BCUT2D eigenvalue weighted by Crippen LogP contribution is -2.07. The third-order valence-electron chi connectivity index (χ3n) is 4.12. The van der Waals surface area contributed by atoms with Crippen molar-refractivity contribution in [2.45, 2.75) is 44.8 Å². The average molecular weight is 388 g/mol. The van der Waals surface area contributed by atoms with Crippen LogP contribution in [-0.2, 0) is 18.9 Å². The van der Waals surface area contributed by atoms with E-state index in [1.54, 1.807) is 11.8 Å². The quantitative estimate of drug-likeness (QED) is 0.506. The summed E-state index contributed by atoms with van der Waals surface area (Å²) in [7, 11) is 0. The lowest BCUT2D eigenvalue weighted by molar-refractivity contribution is 0.286. The zero-order chi connectivity index (χ0) is 18.5. The van der Waals surface area contributed by atoms with Gasteiger partial charge in [0.05, 0.1) is 0 Å². The number of benzene rings is 2. The summed E-state index contributed by atoms with van der Waals surface area (Å²) in [6, 6.07) is 14.1. The molecule has 0 aliphatic carbocycles. The molecule has 3 rings (SSSR count). The Morgan fingerprint density at radius 3 is 2.69 bits per heavy atom. The zero-order valence-corrected chi connectivity index (χ0v) is 16.8. The number of hydrogen-bond acceptors (Lipinski definition) is 4. The Kier molecular flexibility index (Phi) is 6.22. The monoisotopic (exact) mass is 387 g/mol. The maximum absolute atomic E-state index is 6.24. The van der Waals surface area contributed by atoms with E-state index in [9.17, 15) is 0 Å². The van der Waals surface area contributed by atoms with Crippen LogP contribution >= 0.6 is 23.4 Å². The molecule has 0 bridgehead atoms. The van der Waals surface area contributed by atoms with Crippen LogP contribution in [0.15, 0.2) is 47.6 Å². The molecule has 0 amide bonds. The Morgan fingerprint density at radius 1 is 1.12 bits per heavy atom. The van der Waals surface area contributed by atoms with E-state index in [0.717, 1.165) is 45.2 Å². The van der Waals surface area contributed by atoms with Gasteiger partial charge in [-0.15, -0.1) is 10.2 Å². The second kappa shape index (κ2) is 8.60. The Labute approximate surface area is 163 Å². The Balaban J connectivity index is 1.70. The van der Waals surface area contributed by atoms with Gasteiger partial charge >= 0.3 is 0 Å². The minimum Gasteiger partial charge on any atom is -0.485 e. The summed E-state index contributed by atoms with van der Waals surface area (Å²) in [5, 5.41) is 10.3. The van der Waals surface area contributed by atoms with Gasteiger partial charge in [-0.25, -0.2) is 0 Å². The molecule has 0 radical (unpaired) electrons. The van der Waals surface area contributed by atoms with Crippen LogP contribution in [0.2, 0.25) is 5.02 Å². The van der Waals surface area contributed by atoms with Crippen LogP contribution in [0.1, 0.15) is 29.4 Å². The van der Waals surface area contributed by atoms with Gasteiger partial charge in [0.1, 0.15) is 12.4 Å². The summed E-state index contributed by atoms with van der Waals surface area (Å²) >= 11 is 7.87. The predicted molar refractivity (Wildman–Crippen MR) is 107 cm³/mol. The van der Waals surface area contributed by atoms with E-state index >= 15 is 0 Å². The number of ether oxygens (including phenoxy) is 1. The molecule has 0 aliphatic heterocycles. The number of rotatable bonds is 7. The molecular formula is C20H22ClN3OS. The highest BCUT2D eigenvalue weighted by Gasteiger charge is 2.13. The smallest absolute Gasteiger partial charge is 0.191 e. The molecule has 6 heteroatoms. The van der Waals surface area contributed by atoms with Crippen LogP contribution in [0, 0.1) is 13.8 Å². The lowest BCUT2D eigenvalue weighted by atomic mass is 10.1. The van der Waals surface area contributed by atoms with E-state index < -0.39 is 0 Å². The highest BCUT2D eigenvalue weighted by Crippen LogP contribution is 2.26. The van der Waals surface area contributed by atoms with Gasteiger partial charge in [-0.3, -0.25) is 0 Å². The molecule has 4 nitrogen and oxygen atoms in total. The standard InChI is InChI=1S/C20H22ClN3OS/c1-4-24-19(12-25-18-11-14(2)9-10-15(18)3)22-23-20(24)26-13-16-7-5-6-8-17(16)21/h5-11H,4,12-13H2,1-3H3. The van der Waals surface area contributed by atoms with Crippen LogP contribution in [0.5, 0.6) is 5.75 Å². The normalized spacial score (nSPS) is 10.9. The van der Waals surface area contributed by atoms with Gasteiger partial charge in [0, 0.05) is 17.3 Å². The van der Waals surface area contributed by atoms with Gasteiger partial charge < -0.3 is 9.30 Å². The minimum absolute atomic E-state index is 0.401. The first kappa shape index (κ1) is 18.8. The fourth-order valence-corrected chi connectivity index (χ4v) is 3.92. The van der Waals surface area contributed by atoms with Gasteiger partial charge in [-0.1, -0.05) is 53.7 Å². The van der Waals surface area contributed by atoms with E-state index in [1.165, 1.54) is 5.56 Å². The first-order chi connectivity index (χ1) is 12.6. The number of nitrogens with zero attached hydrogens (tertiary/aromatic N) is 3. The summed E-state index contributed by atoms with van der Waals surface area (Å²) < 4.78 is 8.08. The van der Waals surface area contributed by atoms with Crippen molar-refractivity contribution in [1.82, 2.24) is 14.8 Å². The van der Waals surface area contributed by atoms with Crippen LogP contribution in [0.25, 0.3) is 0 Å². The van der Waals surface area contributed by atoms with Gasteiger partial charge in [0.2, 0.25) is 0 Å². The molecule has 0 N–H and O–H groups in total. The second-order valence-electron chi connectivity index (χ2n) is 6.08. The van der Waals surface area contributed by atoms with E-state index in [-0.39, 0.29) is 0 Å². The van der Waals surface area contributed by atoms with Crippen molar-refractivity contribution in [3.05, 3.63) is 70.0 Å². The Morgan fingerprint density at radius 2 is 1.92 bits per heavy atom. The van der Waals surface area contributed by atoms with Gasteiger partial charge in [-0.05, 0) is 49.6 Å². The minimum atomic E-state index is 0.401. The maximum atomic E-state index is 6.24. The van der Waals surface area contributed by atoms with Crippen molar-refractivity contribution in [3.63, 3.8) is 0 Å². The molecule has 0 saturated heterocycles. The van der Waals surface area contributed by atoms with Crippen molar-refractivity contribution in [2.24, 2.45) is 0 Å². The summed E-state index contributed by atoms with van der Waals surface area (Å²) in [6.45, 7) is 7.39. The molecule has 1 heterocycles. The number of thioether (sulfide) groups is 1. The molecule has 1 aromatic heterocycles. The van der Waals surface area contributed by atoms with Crippen molar-refractivity contribution in [3.8, 4) is 5.75 Å². The molecule has 3 aromatic rings. The molecule has 0 atom stereocenters. The fraction of sp³-hybridized carbons (Fsp3) is 0.300. The zero-order valence-electron chi connectivity index (χ0n) is 15.2. The van der Waals surface area contributed by atoms with Gasteiger partial charge in [0.15, 0.2) is 11.0 Å². The van der Waals surface area contributed by atoms with E-state index in [1.807, 2.05) is 31.2 Å². The molecule has 0 fully saturated rings. The van der Waals surface area contributed by atoms with Crippen LogP contribution in [0.4, 0.5) is 0 Å². The largest absolute Gasteiger partial charge is 0.485 e. The molecule has 136 valence electrons. The lowest BCUT2D eigenvalue weighted by Gasteiger charge is -2.11. The number of aromatic nitrogens is 3. The number of hydrogen-bond donors (Lipinski definition) is 0. The third kappa shape index (κ3) is 4.40. The number of aryl methyl sites for hydroxylation is 2. The van der Waals surface area contributed by atoms with Crippen molar-refractivity contribution < 1.29 is 4.74 Å². The second-order valence-corrected chi connectivity index (χ2v) is 7.43. The van der Waals surface area contributed by atoms with Crippen LogP contribution in [-0.4, -0.2) is 14.8 Å². The summed E-state index contributed by atoms with van der Waals surface area (Å²) in [4.78, 5) is 0. The first-order valence-electron chi connectivity index (χ1n) is 8.56. The predicted octanol–water partition coefficient (Wildman–Crippen LogP) is 5.44. The van der Waals surface area contributed by atoms with E-state index in [2.05, 4.69) is 46.8 Å². The molecule has 0 spiro atoms. The van der Waals surface area contributed by atoms with E-state index in [0.29, 0.717) is 6.61 Å². The molecular weight excluding hydrogens is 366 g/mol. The highest BCUT2D eigenvalue weighted by atomic mass is 35.5. The molecule has 0 aliphatic rings. The Hall–Kier alpha value is -1.98. The number of halogens is 1. The fourth-order valence-electron chi connectivity index (χ4n) is 2.61. The average Bonchev–Trinajstić information content (AvgIpc) is 3.03. The van der Waals surface area contributed by atoms with Crippen molar-refractivity contribution >= 4 is 23.4 Å². The highest BCUT2D eigenvalue weighted by molar-refractivity contribution is 7.98. The van der Waals surface area contributed by atoms with Crippen LogP contribution < -0.4 is 4.74 Å². The summed E-state index contributed by atoms with van der Waals surface area (Å²) in [5.41, 5.74) is 3.39. The SMILES string of the molecule is CCn1c(COc2cc(C)ccc2C)nnc1SCc1ccccc1Cl. The van der Waals surface area contributed by atoms with E-state index in [4.69, 9.17) is 16.3 Å². The van der Waals surface area contributed by atoms with Gasteiger partial charge in [-0.2, -0.15) is 0 Å². The third-order valence-corrected chi connectivity index (χ3v) is 5.51. The summed E-state index contributed by atoms with van der Waals surface area (Å²) in [5.74, 6) is 2.48. The van der Waals surface area contributed by atoms with Crippen molar-refractivity contribution in [2.75, 3.05) is 0 Å². The van der Waals surface area contributed by atoms with Crippen molar-refractivity contribution in [1.29, 1.82) is 0 Å². The Bertz CT molecular complexity index is 895.